The van der Waals surface area contributed by atoms with Gasteiger partial charge in [0.25, 0.3) is 0 Å². The molecule has 0 aromatic heterocycles. The minimum atomic E-state index is 0. The first-order valence-corrected chi connectivity index (χ1v) is 8.74. The highest BCUT2D eigenvalue weighted by Gasteiger charge is 2.36. The highest BCUT2D eigenvalue weighted by atomic mass is 35.5. The Kier molecular flexibility index (Phi) is 9.44. The summed E-state index contributed by atoms with van der Waals surface area (Å²) in [5.41, 5.74) is 6.08. The topological polar surface area (TPSA) is 64.8 Å². The van der Waals surface area contributed by atoms with Crippen LogP contribution in [0.2, 0.25) is 0 Å². The van der Waals surface area contributed by atoms with Gasteiger partial charge in [-0.25, -0.2) is 0 Å². The maximum absolute atomic E-state index is 12.6. The van der Waals surface area contributed by atoms with E-state index in [-0.39, 0.29) is 17.8 Å². The van der Waals surface area contributed by atoms with Crippen LogP contribution in [0, 0.1) is 11.3 Å². The molecule has 5 nitrogen and oxygen atoms in total. The minimum Gasteiger partial charge on any atom is -0.382 e. The van der Waals surface area contributed by atoms with Crippen molar-refractivity contribution in [2.75, 3.05) is 46.6 Å². The fourth-order valence-electron chi connectivity index (χ4n) is 3.77. The zero-order chi connectivity index (χ0) is 15.8. The number of carbonyl (C=O) groups excluding carboxylic acids is 1. The van der Waals surface area contributed by atoms with Crippen LogP contribution in [-0.2, 0) is 14.3 Å². The van der Waals surface area contributed by atoms with E-state index in [1.807, 2.05) is 4.90 Å². The quantitative estimate of drug-likeness (QED) is 0.683. The Labute approximate surface area is 146 Å². The van der Waals surface area contributed by atoms with Crippen LogP contribution in [0.5, 0.6) is 0 Å². The van der Waals surface area contributed by atoms with E-state index in [2.05, 4.69) is 0 Å². The lowest BCUT2D eigenvalue weighted by Gasteiger charge is -2.36. The summed E-state index contributed by atoms with van der Waals surface area (Å²) >= 11 is 0. The fourth-order valence-corrected chi connectivity index (χ4v) is 3.77. The van der Waals surface area contributed by atoms with E-state index >= 15 is 0 Å². The molecular weight excluding hydrogens is 316 g/mol. The minimum absolute atomic E-state index is 0. The molecule has 1 heterocycles. The maximum Gasteiger partial charge on any atom is 0.223 e. The second-order valence-corrected chi connectivity index (χ2v) is 7.00. The molecule has 1 aliphatic heterocycles. The molecule has 2 rings (SSSR count). The predicted octanol–water partition coefficient (Wildman–Crippen LogP) is 2.22. The van der Waals surface area contributed by atoms with Crippen LogP contribution in [0.15, 0.2) is 0 Å². The number of methoxy groups -OCH3 is 1. The van der Waals surface area contributed by atoms with Gasteiger partial charge in [-0.05, 0) is 31.2 Å². The Morgan fingerprint density at radius 3 is 2.65 bits per heavy atom. The van der Waals surface area contributed by atoms with E-state index in [0.29, 0.717) is 38.0 Å². The molecule has 6 heteroatoms. The summed E-state index contributed by atoms with van der Waals surface area (Å²) in [5, 5.41) is 0. The lowest BCUT2D eigenvalue weighted by atomic mass is 9.71. The standard InChI is InChI=1S/C17H32N2O3.ClH/c1-21-9-10-22-13-15-5-8-19(12-15)16(20)11-17(14-18)6-3-2-4-7-17;/h15H,2-14,18H2,1H3;1H. The van der Waals surface area contributed by atoms with E-state index in [1.54, 1.807) is 7.11 Å². The van der Waals surface area contributed by atoms with Crippen molar-refractivity contribution < 1.29 is 14.3 Å². The highest BCUT2D eigenvalue weighted by Crippen LogP contribution is 2.39. The van der Waals surface area contributed by atoms with Crippen molar-refractivity contribution in [3.63, 3.8) is 0 Å². The lowest BCUT2D eigenvalue weighted by molar-refractivity contribution is -0.133. The molecule has 0 radical (unpaired) electrons. The molecule has 1 unspecified atom stereocenters. The smallest absolute Gasteiger partial charge is 0.223 e. The van der Waals surface area contributed by atoms with E-state index in [0.717, 1.165) is 39.0 Å². The zero-order valence-corrected chi connectivity index (χ0v) is 15.2. The van der Waals surface area contributed by atoms with E-state index in [9.17, 15) is 4.79 Å². The molecule has 0 aromatic rings. The Bertz CT molecular complexity index is 349. The van der Waals surface area contributed by atoms with E-state index < -0.39 is 0 Å². The van der Waals surface area contributed by atoms with Gasteiger partial charge in [-0.2, -0.15) is 0 Å². The molecule has 0 aromatic carbocycles. The van der Waals surface area contributed by atoms with Crippen LogP contribution in [0.4, 0.5) is 0 Å². The largest absolute Gasteiger partial charge is 0.382 e. The number of ether oxygens (including phenoxy) is 2. The van der Waals surface area contributed by atoms with Gasteiger partial charge in [-0.3, -0.25) is 4.79 Å². The van der Waals surface area contributed by atoms with Crippen LogP contribution in [-0.4, -0.2) is 57.4 Å². The van der Waals surface area contributed by atoms with Crippen molar-refractivity contribution in [2.24, 2.45) is 17.1 Å². The second-order valence-electron chi connectivity index (χ2n) is 7.00. The van der Waals surface area contributed by atoms with Gasteiger partial charge in [0.05, 0.1) is 19.8 Å². The summed E-state index contributed by atoms with van der Waals surface area (Å²) in [4.78, 5) is 14.6. The van der Waals surface area contributed by atoms with Gasteiger partial charge in [0.1, 0.15) is 0 Å². The normalized spacial score (nSPS) is 23.6. The lowest BCUT2D eigenvalue weighted by Crippen LogP contribution is -2.40. The molecule has 2 fully saturated rings. The van der Waals surface area contributed by atoms with Gasteiger partial charge >= 0.3 is 0 Å². The molecule has 1 amide bonds. The average molecular weight is 349 g/mol. The Morgan fingerprint density at radius 1 is 1.26 bits per heavy atom. The van der Waals surface area contributed by atoms with Crippen molar-refractivity contribution in [1.82, 2.24) is 4.90 Å². The first-order valence-electron chi connectivity index (χ1n) is 8.74. The molecule has 136 valence electrons. The highest BCUT2D eigenvalue weighted by molar-refractivity contribution is 5.85. The van der Waals surface area contributed by atoms with Crippen LogP contribution >= 0.6 is 12.4 Å². The van der Waals surface area contributed by atoms with E-state index in [1.165, 1.54) is 19.3 Å². The molecule has 1 aliphatic carbocycles. The number of halogens is 1. The number of hydrogen-bond acceptors (Lipinski definition) is 4. The third kappa shape index (κ3) is 6.22. The second kappa shape index (κ2) is 10.5. The molecule has 1 atom stereocenters. The van der Waals surface area contributed by atoms with Crippen LogP contribution < -0.4 is 5.73 Å². The molecular formula is C17H33ClN2O3. The molecule has 1 saturated heterocycles. The summed E-state index contributed by atoms with van der Waals surface area (Å²) < 4.78 is 10.6. The number of carbonyl (C=O) groups is 1. The third-order valence-electron chi connectivity index (χ3n) is 5.30. The summed E-state index contributed by atoms with van der Waals surface area (Å²) in [6.45, 7) is 4.36. The van der Waals surface area contributed by atoms with Gasteiger partial charge in [-0.1, -0.05) is 19.3 Å². The van der Waals surface area contributed by atoms with Crippen LogP contribution in [0.3, 0.4) is 0 Å². The predicted molar refractivity (Wildman–Crippen MR) is 93.8 cm³/mol. The first kappa shape index (κ1) is 20.7. The van der Waals surface area contributed by atoms with Crippen molar-refractivity contribution in [1.29, 1.82) is 0 Å². The summed E-state index contributed by atoms with van der Waals surface area (Å²) in [6.07, 6.45) is 7.66. The zero-order valence-electron chi connectivity index (χ0n) is 14.4. The average Bonchev–Trinajstić information content (AvgIpc) is 3.01. The van der Waals surface area contributed by atoms with Crippen LogP contribution in [0.25, 0.3) is 0 Å². The van der Waals surface area contributed by atoms with Gasteiger partial charge in [0.15, 0.2) is 0 Å². The first-order chi connectivity index (χ1) is 10.7. The van der Waals surface area contributed by atoms with Gasteiger partial charge in [-0.15, -0.1) is 12.4 Å². The molecule has 0 bridgehead atoms. The van der Waals surface area contributed by atoms with Crippen LogP contribution in [0.1, 0.15) is 44.9 Å². The number of rotatable bonds is 8. The number of nitrogens with zero attached hydrogens (tertiary/aromatic N) is 1. The molecule has 23 heavy (non-hydrogen) atoms. The summed E-state index contributed by atoms with van der Waals surface area (Å²) in [7, 11) is 1.68. The van der Waals surface area contributed by atoms with Gasteiger partial charge in [0.2, 0.25) is 5.91 Å². The Balaban J connectivity index is 0.00000264. The van der Waals surface area contributed by atoms with Gasteiger partial charge < -0.3 is 20.1 Å². The van der Waals surface area contributed by atoms with E-state index in [4.69, 9.17) is 15.2 Å². The Hall–Kier alpha value is -0.360. The summed E-state index contributed by atoms with van der Waals surface area (Å²) in [5.74, 6) is 0.771. The van der Waals surface area contributed by atoms with Crippen molar-refractivity contribution in [3.8, 4) is 0 Å². The van der Waals surface area contributed by atoms with Crippen molar-refractivity contribution in [2.45, 2.75) is 44.9 Å². The number of amides is 1. The SMILES string of the molecule is COCCOCC1CCN(C(=O)CC2(CN)CCCCC2)C1.Cl. The number of hydrogen-bond donors (Lipinski definition) is 1. The number of nitrogens with two attached hydrogens (primary N) is 1. The monoisotopic (exact) mass is 348 g/mol. The van der Waals surface area contributed by atoms with Gasteiger partial charge in [0, 0.05) is 32.5 Å². The molecule has 2 aliphatic rings. The van der Waals surface area contributed by atoms with Crippen molar-refractivity contribution in [3.05, 3.63) is 0 Å². The summed E-state index contributed by atoms with van der Waals surface area (Å²) in [6, 6.07) is 0. The third-order valence-corrected chi connectivity index (χ3v) is 5.30. The molecule has 0 spiro atoms. The Morgan fingerprint density at radius 2 is 2.00 bits per heavy atom. The maximum atomic E-state index is 12.6. The van der Waals surface area contributed by atoms with Crippen molar-refractivity contribution >= 4 is 18.3 Å². The molecule has 1 saturated carbocycles. The molecule has 2 N–H and O–H groups in total. The number of likely N-dealkylation sites (tertiary alicyclic amines) is 1. The fraction of sp³-hybridized carbons (Fsp3) is 0.941.